The molecular formula is C24H30N2O3S. The summed E-state index contributed by atoms with van der Waals surface area (Å²) >= 11 is 1.71. The third-order valence-electron chi connectivity index (χ3n) is 6.03. The molecule has 1 saturated heterocycles. The number of ether oxygens (including phenoxy) is 1. The fourth-order valence-electron chi connectivity index (χ4n) is 4.16. The highest BCUT2D eigenvalue weighted by Gasteiger charge is 2.46. The number of benzene rings is 1. The van der Waals surface area contributed by atoms with Crippen LogP contribution in [-0.4, -0.2) is 48.1 Å². The van der Waals surface area contributed by atoms with Crippen molar-refractivity contribution in [3.05, 3.63) is 47.3 Å². The average Bonchev–Trinajstić information content (AvgIpc) is 3.21. The third kappa shape index (κ3) is 4.44. The molecule has 1 saturated carbocycles. The van der Waals surface area contributed by atoms with Crippen molar-refractivity contribution in [1.82, 2.24) is 10.2 Å². The van der Waals surface area contributed by atoms with E-state index >= 15 is 0 Å². The van der Waals surface area contributed by atoms with Gasteiger partial charge in [0.15, 0.2) is 5.60 Å². The second-order valence-electron chi connectivity index (χ2n) is 8.71. The highest BCUT2D eigenvalue weighted by molar-refractivity contribution is 7.13. The lowest BCUT2D eigenvalue weighted by molar-refractivity contribution is -0.169. The number of hydrogen-bond donors (Lipinski definition) is 1. The first-order chi connectivity index (χ1) is 14.5. The second-order valence-corrected chi connectivity index (χ2v) is 9.66. The summed E-state index contributed by atoms with van der Waals surface area (Å²) in [5.74, 6) is 0.171. The Morgan fingerprint density at radius 3 is 2.60 bits per heavy atom. The minimum Gasteiger partial charge on any atom is -0.361 e. The van der Waals surface area contributed by atoms with Crippen LogP contribution < -0.4 is 5.32 Å². The number of nitrogens with zero attached hydrogens (tertiary/aromatic N) is 1. The van der Waals surface area contributed by atoms with Crippen LogP contribution in [0.4, 0.5) is 0 Å². The number of thiophene rings is 1. The van der Waals surface area contributed by atoms with Crippen LogP contribution in [0.25, 0.3) is 10.4 Å². The summed E-state index contributed by atoms with van der Waals surface area (Å²) in [6.07, 6.45) is 3.50. The molecule has 1 N–H and O–H groups in total. The molecule has 1 aromatic carbocycles. The normalized spacial score (nSPS) is 22.0. The van der Waals surface area contributed by atoms with Gasteiger partial charge in [-0.2, -0.15) is 0 Å². The summed E-state index contributed by atoms with van der Waals surface area (Å²) in [6.45, 7) is 5.15. The van der Waals surface area contributed by atoms with E-state index in [1.54, 1.807) is 11.3 Å². The van der Waals surface area contributed by atoms with Crippen molar-refractivity contribution < 1.29 is 14.3 Å². The number of amides is 2. The molecule has 160 valence electrons. The Morgan fingerprint density at radius 2 is 2.00 bits per heavy atom. The van der Waals surface area contributed by atoms with E-state index in [9.17, 15) is 9.59 Å². The van der Waals surface area contributed by atoms with Gasteiger partial charge in [0.05, 0.1) is 13.2 Å². The minimum absolute atomic E-state index is 0.0110. The highest BCUT2D eigenvalue weighted by atomic mass is 32.1. The zero-order valence-corrected chi connectivity index (χ0v) is 18.5. The van der Waals surface area contributed by atoms with E-state index < -0.39 is 5.60 Å². The van der Waals surface area contributed by atoms with Crippen molar-refractivity contribution in [2.45, 2.75) is 51.2 Å². The van der Waals surface area contributed by atoms with Gasteiger partial charge in [-0.3, -0.25) is 9.59 Å². The first-order valence-corrected chi connectivity index (χ1v) is 11.7. The van der Waals surface area contributed by atoms with Crippen LogP contribution >= 0.6 is 11.3 Å². The highest BCUT2D eigenvalue weighted by Crippen LogP contribution is 2.32. The zero-order chi connectivity index (χ0) is 21.1. The van der Waals surface area contributed by atoms with E-state index in [2.05, 4.69) is 41.0 Å². The van der Waals surface area contributed by atoms with Gasteiger partial charge in [0.25, 0.3) is 5.91 Å². The molecule has 1 aromatic heterocycles. The van der Waals surface area contributed by atoms with E-state index in [-0.39, 0.29) is 23.8 Å². The van der Waals surface area contributed by atoms with Gasteiger partial charge in [0, 0.05) is 29.8 Å². The van der Waals surface area contributed by atoms with Crippen LogP contribution in [0.15, 0.2) is 41.8 Å². The van der Waals surface area contributed by atoms with Crippen LogP contribution in [-0.2, 0) is 20.7 Å². The van der Waals surface area contributed by atoms with E-state index in [1.165, 1.54) is 10.4 Å². The first kappa shape index (κ1) is 21.1. The fraction of sp³-hybridized carbons (Fsp3) is 0.500. The van der Waals surface area contributed by atoms with Gasteiger partial charge >= 0.3 is 0 Å². The molecule has 0 radical (unpaired) electrons. The molecule has 2 aromatic rings. The van der Waals surface area contributed by atoms with Crippen molar-refractivity contribution in [1.29, 1.82) is 0 Å². The fourth-order valence-corrected chi connectivity index (χ4v) is 4.90. The van der Waals surface area contributed by atoms with Crippen molar-refractivity contribution >= 4 is 23.2 Å². The number of carbonyl (C=O) groups is 2. The lowest BCUT2D eigenvalue weighted by Gasteiger charge is -2.43. The van der Waals surface area contributed by atoms with Crippen LogP contribution in [0.2, 0.25) is 0 Å². The Kier molecular flexibility index (Phi) is 6.25. The second kappa shape index (κ2) is 8.90. The first-order valence-electron chi connectivity index (χ1n) is 10.8. The van der Waals surface area contributed by atoms with Crippen LogP contribution in [0.1, 0.15) is 38.7 Å². The molecule has 1 aliphatic heterocycles. The quantitative estimate of drug-likeness (QED) is 0.763. The molecule has 2 aliphatic rings. The predicted molar refractivity (Wildman–Crippen MR) is 119 cm³/mol. The number of morpholine rings is 1. The molecule has 30 heavy (non-hydrogen) atoms. The molecule has 2 heterocycles. The van der Waals surface area contributed by atoms with Crippen molar-refractivity contribution in [3.8, 4) is 10.4 Å². The van der Waals surface area contributed by atoms with E-state index in [0.717, 1.165) is 24.8 Å². The summed E-state index contributed by atoms with van der Waals surface area (Å²) in [5.41, 5.74) is 1.15. The van der Waals surface area contributed by atoms with Gasteiger partial charge in [0.2, 0.25) is 5.91 Å². The molecule has 1 unspecified atom stereocenters. The molecule has 1 aliphatic carbocycles. The number of hydrogen-bond acceptors (Lipinski definition) is 4. The summed E-state index contributed by atoms with van der Waals surface area (Å²) in [6, 6.07) is 12.5. The Hall–Kier alpha value is -2.18. The van der Waals surface area contributed by atoms with Crippen LogP contribution in [0, 0.1) is 5.92 Å². The van der Waals surface area contributed by atoms with E-state index in [4.69, 9.17) is 4.74 Å². The van der Waals surface area contributed by atoms with Crippen LogP contribution in [0.3, 0.4) is 0 Å². The average molecular weight is 427 g/mol. The van der Waals surface area contributed by atoms with Crippen molar-refractivity contribution in [2.75, 3.05) is 19.7 Å². The van der Waals surface area contributed by atoms with Crippen LogP contribution in [0.5, 0.6) is 0 Å². The van der Waals surface area contributed by atoms with Gasteiger partial charge in [-0.05, 0) is 49.3 Å². The topological polar surface area (TPSA) is 58.6 Å². The summed E-state index contributed by atoms with van der Waals surface area (Å²) in [7, 11) is 0. The zero-order valence-electron chi connectivity index (χ0n) is 17.7. The lowest BCUT2D eigenvalue weighted by atomic mass is 9.83. The Bertz CT molecular complexity index is 874. The maximum Gasteiger partial charge on any atom is 0.254 e. The van der Waals surface area contributed by atoms with Crippen molar-refractivity contribution in [3.63, 3.8) is 0 Å². The van der Waals surface area contributed by atoms with Gasteiger partial charge in [-0.1, -0.05) is 36.8 Å². The molecule has 2 fully saturated rings. The summed E-state index contributed by atoms with van der Waals surface area (Å²) in [5, 5.41) is 5.09. The molecule has 0 bridgehead atoms. The number of rotatable bonds is 6. The Morgan fingerprint density at radius 1 is 1.23 bits per heavy atom. The molecule has 0 spiro atoms. The molecule has 4 rings (SSSR count). The standard InChI is InChI=1S/C24H30N2O3S/c1-17(2)25-23(28)24(16-26(12-13-29-24)22(27)20-5-3-6-20)15-18-8-10-19(11-9-18)21-7-4-14-30-21/h4,7-11,14,17,20H,3,5-6,12-13,15-16H2,1-2H3,(H,25,28). The van der Waals surface area contributed by atoms with Gasteiger partial charge in [0.1, 0.15) is 0 Å². The molecule has 2 amide bonds. The SMILES string of the molecule is CC(C)NC(=O)C1(Cc2ccc(-c3cccs3)cc2)CN(C(=O)C2CCC2)CCO1. The number of carbonyl (C=O) groups excluding carboxylic acids is 2. The lowest BCUT2D eigenvalue weighted by Crippen LogP contribution is -2.63. The maximum absolute atomic E-state index is 13.2. The third-order valence-corrected chi connectivity index (χ3v) is 6.95. The van der Waals surface area contributed by atoms with Gasteiger partial charge < -0.3 is 15.0 Å². The van der Waals surface area contributed by atoms with Gasteiger partial charge in [-0.25, -0.2) is 0 Å². The molecule has 6 heteroatoms. The smallest absolute Gasteiger partial charge is 0.254 e. The van der Waals surface area contributed by atoms with E-state index in [1.807, 2.05) is 24.8 Å². The Balaban J connectivity index is 1.56. The summed E-state index contributed by atoms with van der Waals surface area (Å²) in [4.78, 5) is 29.2. The Labute approximate surface area is 182 Å². The molecule has 1 atom stereocenters. The van der Waals surface area contributed by atoms with E-state index in [0.29, 0.717) is 26.1 Å². The molecule has 5 nitrogen and oxygen atoms in total. The van der Waals surface area contributed by atoms with Gasteiger partial charge in [-0.15, -0.1) is 11.3 Å². The predicted octanol–water partition coefficient (Wildman–Crippen LogP) is 3.88. The monoisotopic (exact) mass is 426 g/mol. The summed E-state index contributed by atoms with van der Waals surface area (Å²) < 4.78 is 6.14. The molecular weight excluding hydrogens is 396 g/mol. The van der Waals surface area contributed by atoms with Crippen molar-refractivity contribution in [2.24, 2.45) is 5.92 Å². The number of nitrogens with one attached hydrogen (secondary N) is 1. The maximum atomic E-state index is 13.2. The minimum atomic E-state index is -1.05. The largest absolute Gasteiger partial charge is 0.361 e.